The Morgan fingerprint density at radius 2 is 1.54 bits per heavy atom. The minimum Gasteiger partial charge on any atom is -0.507 e. The normalized spacial score (nSPS) is 11.2. The highest BCUT2D eigenvalue weighted by atomic mass is 16.3. The lowest BCUT2D eigenvalue weighted by Crippen LogP contribution is -2.17. The van der Waals surface area contributed by atoms with Gasteiger partial charge in [0.15, 0.2) is 0 Å². The first-order valence-corrected chi connectivity index (χ1v) is 9.27. The number of nitrogens with one attached hydrogen (secondary N) is 1. The van der Waals surface area contributed by atoms with Crippen LogP contribution in [0, 0.1) is 0 Å². The molecule has 0 unspecified atom stereocenters. The molecule has 4 rings (SSSR count). The molecule has 0 amide bonds. The number of hydrogen-bond donors (Lipinski definition) is 2. The van der Waals surface area contributed by atoms with Crippen LogP contribution in [0.5, 0.6) is 5.75 Å². The average molecular weight is 370 g/mol. The van der Waals surface area contributed by atoms with Crippen molar-refractivity contribution < 1.29 is 5.11 Å². The smallest absolute Gasteiger partial charge is 0.255 e. The molecule has 140 valence electrons. The Bertz CT molecular complexity index is 1150. The summed E-state index contributed by atoms with van der Waals surface area (Å²) < 4.78 is 0. The van der Waals surface area contributed by atoms with Gasteiger partial charge in [-0.15, -0.1) is 0 Å². The fourth-order valence-electron chi connectivity index (χ4n) is 3.58. The maximum absolute atomic E-state index is 12.1. The minimum absolute atomic E-state index is 0.116. The van der Waals surface area contributed by atoms with E-state index < -0.39 is 0 Å². The number of phenols is 1. The van der Waals surface area contributed by atoms with Gasteiger partial charge in [-0.25, -0.2) is 0 Å². The van der Waals surface area contributed by atoms with Crippen LogP contribution >= 0.6 is 0 Å². The van der Waals surface area contributed by atoms with Gasteiger partial charge in [0.1, 0.15) is 5.75 Å². The Morgan fingerprint density at radius 3 is 2.25 bits per heavy atom. The van der Waals surface area contributed by atoms with Crippen molar-refractivity contribution in [3.05, 3.63) is 100 Å². The van der Waals surface area contributed by atoms with Crippen LogP contribution in [-0.2, 0) is 13.1 Å². The van der Waals surface area contributed by atoms with Gasteiger partial charge in [-0.3, -0.25) is 9.69 Å². The summed E-state index contributed by atoms with van der Waals surface area (Å²) >= 11 is 0. The highest BCUT2D eigenvalue weighted by Crippen LogP contribution is 2.32. The summed E-state index contributed by atoms with van der Waals surface area (Å²) in [4.78, 5) is 17.1. The van der Waals surface area contributed by atoms with Gasteiger partial charge in [0.25, 0.3) is 5.56 Å². The van der Waals surface area contributed by atoms with Crippen LogP contribution in [0.1, 0.15) is 11.1 Å². The number of phenolic OH excluding ortho intramolecular Hbond substituents is 1. The van der Waals surface area contributed by atoms with E-state index in [1.807, 2.05) is 18.2 Å². The number of fused-ring (bicyclic) bond motifs is 1. The molecule has 28 heavy (non-hydrogen) atoms. The molecule has 0 aliphatic rings. The van der Waals surface area contributed by atoms with Gasteiger partial charge in [-0.2, -0.15) is 0 Å². The Morgan fingerprint density at radius 1 is 0.857 bits per heavy atom. The number of benzene rings is 3. The molecule has 4 aromatic rings. The quantitative estimate of drug-likeness (QED) is 0.543. The molecular weight excluding hydrogens is 348 g/mol. The number of H-pyrrole nitrogens is 1. The van der Waals surface area contributed by atoms with Crippen molar-refractivity contribution in [3.8, 4) is 16.9 Å². The van der Waals surface area contributed by atoms with Gasteiger partial charge < -0.3 is 10.1 Å². The second-order valence-corrected chi connectivity index (χ2v) is 7.09. The molecule has 0 aliphatic carbocycles. The molecule has 0 saturated carbocycles. The van der Waals surface area contributed by atoms with Crippen molar-refractivity contribution in [1.29, 1.82) is 0 Å². The predicted octanol–water partition coefficient (Wildman–Crippen LogP) is 4.53. The molecule has 3 aromatic carbocycles. The third kappa shape index (κ3) is 3.68. The molecule has 0 saturated heterocycles. The van der Waals surface area contributed by atoms with Gasteiger partial charge in [0.2, 0.25) is 0 Å². The molecule has 4 nitrogen and oxygen atoms in total. The lowest BCUT2D eigenvalue weighted by Gasteiger charge is -2.17. The number of hydrogen-bond acceptors (Lipinski definition) is 3. The van der Waals surface area contributed by atoms with E-state index >= 15 is 0 Å². The molecule has 0 radical (unpaired) electrons. The van der Waals surface area contributed by atoms with Crippen LogP contribution < -0.4 is 5.56 Å². The summed E-state index contributed by atoms with van der Waals surface area (Å²) in [5.74, 6) is 0.116. The Balaban J connectivity index is 1.58. The second-order valence-electron chi connectivity index (χ2n) is 7.09. The Kier molecular flexibility index (Phi) is 4.96. The summed E-state index contributed by atoms with van der Waals surface area (Å²) in [5.41, 5.74) is 4.07. The van der Waals surface area contributed by atoms with Crippen LogP contribution in [0.2, 0.25) is 0 Å². The van der Waals surface area contributed by atoms with Crippen molar-refractivity contribution in [1.82, 2.24) is 9.88 Å². The average Bonchev–Trinajstić information content (AvgIpc) is 2.70. The summed E-state index contributed by atoms with van der Waals surface area (Å²) in [7, 11) is 2.11. The minimum atomic E-state index is -0.200. The van der Waals surface area contributed by atoms with E-state index in [0.717, 1.165) is 24.2 Å². The topological polar surface area (TPSA) is 56.3 Å². The number of pyridine rings is 1. The summed E-state index contributed by atoms with van der Waals surface area (Å²) in [6.07, 6.45) is 1.67. The van der Waals surface area contributed by atoms with Crippen LogP contribution in [-0.4, -0.2) is 22.0 Å². The van der Waals surface area contributed by atoms with E-state index in [1.165, 1.54) is 11.1 Å². The van der Waals surface area contributed by atoms with Crippen LogP contribution in [0.4, 0.5) is 0 Å². The van der Waals surface area contributed by atoms with Crippen LogP contribution in [0.15, 0.2) is 83.8 Å². The zero-order valence-corrected chi connectivity index (χ0v) is 15.7. The van der Waals surface area contributed by atoms with Gasteiger partial charge in [-0.1, -0.05) is 60.7 Å². The highest BCUT2D eigenvalue weighted by molar-refractivity contribution is 5.99. The SMILES string of the molecule is CN(Cc1ccccc1)Cc1ccc(-c2c[nH]c(=O)c3cccc(O)c23)cc1. The highest BCUT2D eigenvalue weighted by Gasteiger charge is 2.11. The third-order valence-corrected chi connectivity index (χ3v) is 4.92. The van der Waals surface area contributed by atoms with Crippen LogP contribution in [0.3, 0.4) is 0 Å². The van der Waals surface area contributed by atoms with E-state index in [4.69, 9.17) is 0 Å². The molecule has 0 spiro atoms. The Hall–Kier alpha value is -3.37. The van der Waals surface area contributed by atoms with Gasteiger partial charge in [-0.05, 0) is 35.9 Å². The van der Waals surface area contributed by atoms with E-state index in [0.29, 0.717) is 10.8 Å². The lowest BCUT2D eigenvalue weighted by molar-refractivity contribution is 0.319. The van der Waals surface area contributed by atoms with Crippen molar-refractivity contribution >= 4 is 10.8 Å². The van der Waals surface area contributed by atoms with Gasteiger partial charge in [0, 0.05) is 30.2 Å². The van der Waals surface area contributed by atoms with E-state index in [9.17, 15) is 9.90 Å². The fraction of sp³-hybridized carbons (Fsp3) is 0.125. The molecule has 0 fully saturated rings. The molecular formula is C24H22N2O2. The molecule has 4 heteroatoms. The number of rotatable bonds is 5. The summed E-state index contributed by atoms with van der Waals surface area (Å²) in [6.45, 7) is 1.73. The number of aromatic amines is 1. The standard InChI is InChI=1S/C24H22N2O2/c1-26(15-17-6-3-2-4-7-17)16-18-10-12-19(13-11-18)21-14-25-24(28)20-8-5-9-22(27)23(20)21/h2-14,27H,15-16H2,1H3,(H,25,28). The summed E-state index contributed by atoms with van der Waals surface area (Å²) in [6, 6.07) is 23.7. The van der Waals surface area contributed by atoms with Crippen molar-refractivity contribution in [2.24, 2.45) is 0 Å². The Labute approximate surface area is 163 Å². The first kappa shape index (κ1) is 18.0. The number of nitrogens with zero attached hydrogens (tertiary/aromatic N) is 1. The number of aromatic hydroxyl groups is 1. The third-order valence-electron chi connectivity index (χ3n) is 4.92. The zero-order valence-electron chi connectivity index (χ0n) is 15.7. The second kappa shape index (κ2) is 7.71. The zero-order chi connectivity index (χ0) is 19.5. The molecule has 0 aliphatic heterocycles. The predicted molar refractivity (Wildman–Crippen MR) is 113 cm³/mol. The van der Waals surface area contributed by atoms with E-state index in [-0.39, 0.29) is 11.3 Å². The van der Waals surface area contributed by atoms with Gasteiger partial charge in [0.05, 0.1) is 5.39 Å². The fourth-order valence-corrected chi connectivity index (χ4v) is 3.58. The van der Waals surface area contributed by atoms with E-state index in [2.05, 4.69) is 53.3 Å². The molecule has 0 atom stereocenters. The maximum Gasteiger partial charge on any atom is 0.255 e. The van der Waals surface area contributed by atoms with E-state index in [1.54, 1.807) is 24.4 Å². The molecule has 2 N–H and O–H groups in total. The molecule has 1 heterocycles. The van der Waals surface area contributed by atoms with Crippen molar-refractivity contribution in [2.45, 2.75) is 13.1 Å². The maximum atomic E-state index is 12.1. The molecule has 1 aromatic heterocycles. The van der Waals surface area contributed by atoms with Gasteiger partial charge >= 0.3 is 0 Å². The van der Waals surface area contributed by atoms with Crippen LogP contribution in [0.25, 0.3) is 21.9 Å². The summed E-state index contributed by atoms with van der Waals surface area (Å²) in [5, 5.41) is 11.4. The number of aromatic nitrogens is 1. The molecule has 0 bridgehead atoms. The lowest BCUT2D eigenvalue weighted by atomic mass is 9.99. The van der Waals surface area contributed by atoms with Crippen molar-refractivity contribution in [3.63, 3.8) is 0 Å². The first-order chi connectivity index (χ1) is 13.6. The monoisotopic (exact) mass is 370 g/mol. The largest absolute Gasteiger partial charge is 0.507 e. The van der Waals surface area contributed by atoms with Crippen molar-refractivity contribution in [2.75, 3.05) is 7.05 Å². The first-order valence-electron chi connectivity index (χ1n) is 9.27.